The third-order valence-corrected chi connectivity index (χ3v) is 2.44. The number of aromatic amines is 1. The summed E-state index contributed by atoms with van der Waals surface area (Å²) < 4.78 is 0. The summed E-state index contributed by atoms with van der Waals surface area (Å²) in [6, 6.07) is 7.86. The molecule has 0 fully saturated rings. The molecule has 1 aromatic heterocycles. The highest BCUT2D eigenvalue weighted by molar-refractivity contribution is 5.84. The number of rotatable bonds is 2. The van der Waals surface area contributed by atoms with Crippen molar-refractivity contribution in [3.63, 3.8) is 0 Å². The molecule has 0 bridgehead atoms. The maximum atomic E-state index is 10.4. The Labute approximate surface area is 86.9 Å². The molecule has 0 aliphatic carbocycles. The molecule has 78 valence electrons. The van der Waals surface area contributed by atoms with Crippen LogP contribution in [0.25, 0.3) is 10.9 Å². The highest BCUT2D eigenvalue weighted by Crippen LogP contribution is 2.21. The van der Waals surface area contributed by atoms with Crippen LogP contribution in [0.15, 0.2) is 24.3 Å². The van der Waals surface area contributed by atoms with E-state index in [1.807, 2.05) is 31.2 Å². The minimum absolute atomic E-state index is 0.338. The van der Waals surface area contributed by atoms with Crippen LogP contribution in [0, 0.1) is 6.92 Å². The van der Waals surface area contributed by atoms with E-state index < -0.39 is 6.09 Å². The molecule has 1 amide bonds. The van der Waals surface area contributed by atoms with Gasteiger partial charge in [-0.3, -0.25) is 0 Å². The maximum Gasteiger partial charge on any atom is 0.404 e. The Morgan fingerprint density at radius 2 is 2.20 bits per heavy atom. The van der Waals surface area contributed by atoms with Crippen molar-refractivity contribution in [1.82, 2.24) is 10.3 Å². The SMILES string of the molecule is Cc1[nH]c2ccccc2c1CNC(=O)O. The largest absolute Gasteiger partial charge is 0.465 e. The number of amides is 1. The van der Waals surface area contributed by atoms with E-state index in [0.29, 0.717) is 6.54 Å². The van der Waals surface area contributed by atoms with Gasteiger partial charge in [-0.2, -0.15) is 0 Å². The summed E-state index contributed by atoms with van der Waals surface area (Å²) in [5.74, 6) is 0. The van der Waals surface area contributed by atoms with Crippen LogP contribution in [0.2, 0.25) is 0 Å². The fraction of sp³-hybridized carbons (Fsp3) is 0.182. The fourth-order valence-corrected chi connectivity index (χ4v) is 1.73. The summed E-state index contributed by atoms with van der Waals surface area (Å²) in [6.45, 7) is 2.28. The number of carbonyl (C=O) groups is 1. The van der Waals surface area contributed by atoms with Gasteiger partial charge in [0, 0.05) is 23.1 Å². The quantitative estimate of drug-likeness (QED) is 0.702. The summed E-state index contributed by atoms with van der Waals surface area (Å²) in [5.41, 5.74) is 3.05. The summed E-state index contributed by atoms with van der Waals surface area (Å²) in [6.07, 6.45) is -1.00. The smallest absolute Gasteiger partial charge is 0.404 e. The summed E-state index contributed by atoms with van der Waals surface area (Å²) in [5, 5.41) is 12.0. The fourth-order valence-electron chi connectivity index (χ4n) is 1.73. The van der Waals surface area contributed by atoms with Gasteiger partial charge in [-0.05, 0) is 18.6 Å². The van der Waals surface area contributed by atoms with Crippen LogP contribution < -0.4 is 5.32 Å². The number of benzene rings is 1. The number of carboxylic acid groups (broad SMARTS) is 1. The summed E-state index contributed by atoms with van der Waals surface area (Å²) in [7, 11) is 0. The first kappa shape index (κ1) is 9.58. The Bertz CT molecular complexity index is 502. The second-order valence-corrected chi connectivity index (χ2v) is 3.43. The number of nitrogens with one attached hydrogen (secondary N) is 2. The molecule has 0 aliphatic heterocycles. The first-order chi connectivity index (χ1) is 7.18. The third-order valence-electron chi connectivity index (χ3n) is 2.44. The average Bonchev–Trinajstić information content (AvgIpc) is 2.50. The molecule has 0 aliphatic rings. The second kappa shape index (κ2) is 3.65. The lowest BCUT2D eigenvalue weighted by atomic mass is 10.1. The van der Waals surface area contributed by atoms with Crippen LogP contribution in [0.1, 0.15) is 11.3 Å². The van der Waals surface area contributed by atoms with Crippen molar-refractivity contribution in [2.45, 2.75) is 13.5 Å². The number of hydrogen-bond acceptors (Lipinski definition) is 1. The van der Waals surface area contributed by atoms with Crippen molar-refractivity contribution >= 4 is 17.0 Å². The van der Waals surface area contributed by atoms with E-state index in [-0.39, 0.29) is 0 Å². The number of hydrogen-bond donors (Lipinski definition) is 3. The van der Waals surface area contributed by atoms with Gasteiger partial charge < -0.3 is 15.4 Å². The van der Waals surface area contributed by atoms with Crippen molar-refractivity contribution in [2.75, 3.05) is 0 Å². The minimum Gasteiger partial charge on any atom is -0.465 e. The predicted octanol–water partition coefficient (Wildman–Crippen LogP) is 2.24. The Morgan fingerprint density at radius 3 is 2.93 bits per heavy atom. The molecule has 4 nitrogen and oxygen atoms in total. The molecule has 0 saturated carbocycles. The van der Waals surface area contributed by atoms with E-state index in [4.69, 9.17) is 5.11 Å². The lowest BCUT2D eigenvalue weighted by Gasteiger charge is -2.00. The Balaban J connectivity index is 2.40. The van der Waals surface area contributed by atoms with Gasteiger partial charge in [0.1, 0.15) is 0 Å². The van der Waals surface area contributed by atoms with E-state index in [1.54, 1.807) is 0 Å². The van der Waals surface area contributed by atoms with Gasteiger partial charge in [0.05, 0.1) is 0 Å². The van der Waals surface area contributed by atoms with Crippen LogP contribution in [0.5, 0.6) is 0 Å². The standard InChI is InChI=1S/C11H12N2O2/c1-7-9(6-12-11(14)15)8-4-2-3-5-10(8)13-7/h2-5,12-13H,6H2,1H3,(H,14,15). The highest BCUT2D eigenvalue weighted by Gasteiger charge is 2.07. The van der Waals surface area contributed by atoms with E-state index in [0.717, 1.165) is 22.2 Å². The van der Waals surface area contributed by atoms with E-state index in [9.17, 15) is 4.79 Å². The van der Waals surface area contributed by atoms with Crippen LogP contribution >= 0.6 is 0 Å². The lowest BCUT2D eigenvalue weighted by molar-refractivity contribution is 0.194. The molecular weight excluding hydrogens is 192 g/mol. The highest BCUT2D eigenvalue weighted by atomic mass is 16.4. The summed E-state index contributed by atoms with van der Waals surface area (Å²) in [4.78, 5) is 13.6. The normalized spacial score (nSPS) is 10.5. The molecule has 4 heteroatoms. The van der Waals surface area contributed by atoms with Gasteiger partial charge in [-0.1, -0.05) is 18.2 Å². The zero-order valence-corrected chi connectivity index (χ0v) is 8.37. The Kier molecular flexibility index (Phi) is 2.33. The van der Waals surface area contributed by atoms with Gasteiger partial charge in [-0.25, -0.2) is 4.79 Å². The number of fused-ring (bicyclic) bond motifs is 1. The van der Waals surface area contributed by atoms with Crippen LogP contribution in [-0.4, -0.2) is 16.2 Å². The molecule has 3 N–H and O–H groups in total. The number of aromatic nitrogens is 1. The predicted molar refractivity (Wildman–Crippen MR) is 57.9 cm³/mol. The van der Waals surface area contributed by atoms with Gasteiger partial charge in [0.25, 0.3) is 0 Å². The molecule has 0 radical (unpaired) electrons. The van der Waals surface area contributed by atoms with Crippen molar-refractivity contribution in [1.29, 1.82) is 0 Å². The van der Waals surface area contributed by atoms with Gasteiger partial charge in [0.2, 0.25) is 0 Å². The van der Waals surface area contributed by atoms with Gasteiger partial charge in [-0.15, -0.1) is 0 Å². The van der Waals surface area contributed by atoms with Crippen molar-refractivity contribution in [2.24, 2.45) is 0 Å². The molecule has 1 aromatic carbocycles. The molecule has 2 rings (SSSR count). The van der Waals surface area contributed by atoms with Crippen LogP contribution in [-0.2, 0) is 6.54 Å². The van der Waals surface area contributed by atoms with E-state index in [1.165, 1.54) is 0 Å². The average molecular weight is 204 g/mol. The maximum absolute atomic E-state index is 10.4. The summed E-state index contributed by atoms with van der Waals surface area (Å²) >= 11 is 0. The van der Waals surface area contributed by atoms with Crippen LogP contribution in [0.3, 0.4) is 0 Å². The first-order valence-electron chi connectivity index (χ1n) is 4.71. The zero-order chi connectivity index (χ0) is 10.8. The molecule has 15 heavy (non-hydrogen) atoms. The van der Waals surface area contributed by atoms with Gasteiger partial charge >= 0.3 is 6.09 Å². The molecule has 0 saturated heterocycles. The van der Waals surface area contributed by atoms with Gasteiger partial charge in [0.15, 0.2) is 0 Å². The Morgan fingerprint density at radius 1 is 1.47 bits per heavy atom. The monoisotopic (exact) mass is 204 g/mol. The lowest BCUT2D eigenvalue weighted by Crippen LogP contribution is -2.20. The number of para-hydroxylation sites is 1. The molecular formula is C11H12N2O2. The van der Waals surface area contributed by atoms with Crippen molar-refractivity contribution < 1.29 is 9.90 Å². The molecule has 0 spiro atoms. The zero-order valence-electron chi connectivity index (χ0n) is 8.37. The van der Waals surface area contributed by atoms with E-state index in [2.05, 4.69) is 10.3 Å². The molecule has 0 atom stereocenters. The minimum atomic E-state index is -1.00. The first-order valence-corrected chi connectivity index (χ1v) is 4.71. The molecule has 0 unspecified atom stereocenters. The van der Waals surface area contributed by atoms with Crippen molar-refractivity contribution in [3.8, 4) is 0 Å². The molecule has 1 heterocycles. The third kappa shape index (κ3) is 1.79. The topological polar surface area (TPSA) is 65.1 Å². The van der Waals surface area contributed by atoms with E-state index >= 15 is 0 Å². The number of H-pyrrole nitrogens is 1. The van der Waals surface area contributed by atoms with Crippen LogP contribution in [0.4, 0.5) is 4.79 Å². The Hall–Kier alpha value is -1.97. The molecule has 2 aromatic rings. The second-order valence-electron chi connectivity index (χ2n) is 3.43. The number of aryl methyl sites for hydroxylation is 1. The van der Waals surface area contributed by atoms with Crippen molar-refractivity contribution in [3.05, 3.63) is 35.5 Å².